The molecule has 0 amide bonds. The van der Waals surface area contributed by atoms with Crippen molar-refractivity contribution in [2.45, 2.75) is 19.9 Å². The summed E-state index contributed by atoms with van der Waals surface area (Å²) < 4.78 is 1.96. The van der Waals surface area contributed by atoms with E-state index < -0.39 is 0 Å². The Balaban J connectivity index is 1.85. The monoisotopic (exact) mass is 265 g/mol. The van der Waals surface area contributed by atoms with Gasteiger partial charge in [0.05, 0.1) is 17.9 Å². The Kier molecular flexibility index (Phi) is 3.42. The largest absolute Gasteiger partial charge is 0.379 e. The molecule has 1 N–H and O–H groups in total. The Morgan fingerprint density at radius 1 is 1.10 bits per heavy atom. The number of benzene rings is 2. The maximum atomic E-state index is 4.48. The van der Waals surface area contributed by atoms with Gasteiger partial charge in [0.2, 0.25) is 0 Å². The van der Waals surface area contributed by atoms with E-state index >= 15 is 0 Å². The average molecular weight is 265 g/mol. The van der Waals surface area contributed by atoms with E-state index in [1.807, 2.05) is 11.7 Å². The van der Waals surface area contributed by atoms with Crippen LogP contribution in [-0.4, -0.2) is 9.78 Å². The highest BCUT2D eigenvalue weighted by Crippen LogP contribution is 2.23. The summed E-state index contributed by atoms with van der Waals surface area (Å²) in [5, 5.41) is 10.5. The van der Waals surface area contributed by atoms with Crippen molar-refractivity contribution >= 4 is 16.5 Å². The molecule has 0 fully saturated rings. The number of hydrogen-bond acceptors (Lipinski definition) is 2. The van der Waals surface area contributed by atoms with Crippen LogP contribution in [0.15, 0.2) is 48.5 Å². The molecule has 3 rings (SSSR count). The van der Waals surface area contributed by atoms with Crippen molar-refractivity contribution in [2.75, 3.05) is 5.32 Å². The minimum Gasteiger partial charge on any atom is -0.379 e. The Morgan fingerprint density at radius 2 is 1.90 bits per heavy atom. The van der Waals surface area contributed by atoms with Crippen LogP contribution in [-0.2, 0) is 20.0 Å². The Labute approximate surface area is 119 Å². The first-order chi connectivity index (χ1) is 9.78. The van der Waals surface area contributed by atoms with Gasteiger partial charge < -0.3 is 5.32 Å². The molecule has 0 bridgehead atoms. The van der Waals surface area contributed by atoms with Gasteiger partial charge >= 0.3 is 0 Å². The summed E-state index contributed by atoms with van der Waals surface area (Å²) in [6, 6.07) is 17.0. The molecule has 0 spiro atoms. The number of hydrogen-bond donors (Lipinski definition) is 1. The normalized spacial score (nSPS) is 10.9. The number of anilines is 1. The molecular formula is C17H19N3. The fraction of sp³-hybridized carbons (Fsp3) is 0.235. The van der Waals surface area contributed by atoms with E-state index in [4.69, 9.17) is 0 Å². The number of nitrogens with one attached hydrogen (secondary N) is 1. The molecule has 0 aliphatic rings. The van der Waals surface area contributed by atoms with Gasteiger partial charge in [0.15, 0.2) is 0 Å². The SMILES string of the molecule is CCc1cc(CNc2cccc3ccccc23)n(C)n1. The van der Waals surface area contributed by atoms with Gasteiger partial charge in [0.25, 0.3) is 0 Å². The highest BCUT2D eigenvalue weighted by Gasteiger charge is 2.05. The predicted octanol–water partition coefficient (Wildman–Crippen LogP) is 3.75. The number of fused-ring (bicyclic) bond motifs is 1. The fourth-order valence-electron chi connectivity index (χ4n) is 2.48. The van der Waals surface area contributed by atoms with E-state index in [0.29, 0.717) is 0 Å². The average Bonchev–Trinajstić information content (AvgIpc) is 2.85. The molecule has 102 valence electrons. The minimum absolute atomic E-state index is 0.789. The van der Waals surface area contributed by atoms with Crippen LogP contribution in [0.3, 0.4) is 0 Å². The van der Waals surface area contributed by atoms with Crippen LogP contribution >= 0.6 is 0 Å². The molecule has 0 saturated heterocycles. The van der Waals surface area contributed by atoms with E-state index in [9.17, 15) is 0 Å². The van der Waals surface area contributed by atoms with Gasteiger partial charge in [-0.25, -0.2) is 0 Å². The van der Waals surface area contributed by atoms with Crippen LogP contribution in [0.1, 0.15) is 18.3 Å². The van der Waals surface area contributed by atoms with Crippen LogP contribution in [0.25, 0.3) is 10.8 Å². The summed E-state index contributed by atoms with van der Waals surface area (Å²) in [4.78, 5) is 0. The summed E-state index contributed by atoms with van der Waals surface area (Å²) in [5.41, 5.74) is 3.51. The van der Waals surface area contributed by atoms with Crippen LogP contribution in [0.2, 0.25) is 0 Å². The van der Waals surface area contributed by atoms with Crippen molar-refractivity contribution in [3.05, 3.63) is 59.9 Å². The van der Waals surface area contributed by atoms with Gasteiger partial charge in [-0.3, -0.25) is 4.68 Å². The maximum Gasteiger partial charge on any atom is 0.0625 e. The minimum atomic E-state index is 0.789. The number of rotatable bonds is 4. The van der Waals surface area contributed by atoms with E-state index in [0.717, 1.165) is 18.7 Å². The molecule has 1 heterocycles. The van der Waals surface area contributed by atoms with Crippen molar-refractivity contribution in [3.63, 3.8) is 0 Å². The predicted molar refractivity (Wildman–Crippen MR) is 83.9 cm³/mol. The molecule has 0 saturated carbocycles. The zero-order chi connectivity index (χ0) is 13.9. The lowest BCUT2D eigenvalue weighted by Crippen LogP contribution is -2.05. The fourth-order valence-corrected chi connectivity index (χ4v) is 2.48. The lowest BCUT2D eigenvalue weighted by Gasteiger charge is -2.09. The first-order valence-electron chi connectivity index (χ1n) is 7.01. The smallest absolute Gasteiger partial charge is 0.0625 e. The van der Waals surface area contributed by atoms with Crippen molar-refractivity contribution in [1.29, 1.82) is 0 Å². The molecular weight excluding hydrogens is 246 g/mol. The zero-order valence-corrected chi connectivity index (χ0v) is 11.9. The number of aromatic nitrogens is 2. The molecule has 20 heavy (non-hydrogen) atoms. The highest BCUT2D eigenvalue weighted by atomic mass is 15.3. The first-order valence-corrected chi connectivity index (χ1v) is 7.01. The summed E-state index contributed by atoms with van der Waals surface area (Å²) >= 11 is 0. The molecule has 0 aliphatic heterocycles. The van der Waals surface area contributed by atoms with Crippen LogP contribution in [0.4, 0.5) is 5.69 Å². The molecule has 1 aromatic heterocycles. The molecule has 0 atom stereocenters. The van der Waals surface area contributed by atoms with Crippen LogP contribution in [0.5, 0.6) is 0 Å². The molecule has 3 heteroatoms. The maximum absolute atomic E-state index is 4.48. The molecule has 2 aromatic carbocycles. The lowest BCUT2D eigenvalue weighted by molar-refractivity contribution is 0.707. The van der Waals surface area contributed by atoms with Crippen molar-refractivity contribution in [2.24, 2.45) is 7.05 Å². The Morgan fingerprint density at radius 3 is 2.70 bits per heavy atom. The van der Waals surface area contributed by atoms with Crippen molar-refractivity contribution in [3.8, 4) is 0 Å². The first kappa shape index (κ1) is 12.7. The summed E-state index contributed by atoms with van der Waals surface area (Å²) in [6.45, 7) is 2.92. The lowest BCUT2D eigenvalue weighted by atomic mass is 10.1. The molecule has 0 unspecified atom stereocenters. The van der Waals surface area contributed by atoms with Gasteiger partial charge in [-0.15, -0.1) is 0 Å². The zero-order valence-electron chi connectivity index (χ0n) is 11.9. The summed E-state index contributed by atoms with van der Waals surface area (Å²) in [7, 11) is 2.00. The van der Waals surface area contributed by atoms with E-state index in [-0.39, 0.29) is 0 Å². The van der Waals surface area contributed by atoms with Crippen molar-refractivity contribution in [1.82, 2.24) is 9.78 Å². The van der Waals surface area contributed by atoms with Gasteiger partial charge in [-0.1, -0.05) is 43.3 Å². The topological polar surface area (TPSA) is 29.9 Å². The van der Waals surface area contributed by atoms with E-state index in [2.05, 4.69) is 65.9 Å². The van der Waals surface area contributed by atoms with E-state index in [1.165, 1.54) is 22.2 Å². The van der Waals surface area contributed by atoms with E-state index in [1.54, 1.807) is 0 Å². The third kappa shape index (κ3) is 2.39. The van der Waals surface area contributed by atoms with Gasteiger partial charge in [0.1, 0.15) is 0 Å². The van der Waals surface area contributed by atoms with Gasteiger partial charge in [-0.05, 0) is 23.9 Å². The molecule has 0 radical (unpaired) electrons. The molecule has 3 nitrogen and oxygen atoms in total. The Bertz CT molecular complexity index is 723. The quantitative estimate of drug-likeness (QED) is 0.778. The summed E-state index contributed by atoms with van der Waals surface area (Å²) in [5.74, 6) is 0. The Hall–Kier alpha value is -2.29. The van der Waals surface area contributed by atoms with Gasteiger partial charge in [-0.2, -0.15) is 5.10 Å². The second-order valence-electron chi connectivity index (χ2n) is 4.98. The van der Waals surface area contributed by atoms with Gasteiger partial charge in [0, 0.05) is 18.1 Å². The van der Waals surface area contributed by atoms with Crippen LogP contribution < -0.4 is 5.32 Å². The second kappa shape index (κ2) is 5.37. The van der Waals surface area contributed by atoms with Crippen LogP contribution in [0, 0.1) is 0 Å². The molecule has 3 aromatic rings. The second-order valence-corrected chi connectivity index (χ2v) is 4.98. The third-order valence-corrected chi connectivity index (χ3v) is 3.64. The number of nitrogens with zero attached hydrogens (tertiary/aromatic N) is 2. The van der Waals surface area contributed by atoms with Crippen molar-refractivity contribution < 1.29 is 0 Å². The summed E-state index contributed by atoms with van der Waals surface area (Å²) in [6.07, 6.45) is 0.974. The standard InChI is InChI=1S/C17H19N3/c1-3-14-11-15(20(2)19-14)12-18-17-10-6-8-13-7-4-5-9-16(13)17/h4-11,18H,3,12H2,1-2H3. The molecule has 0 aliphatic carbocycles. The highest BCUT2D eigenvalue weighted by molar-refractivity contribution is 5.93. The third-order valence-electron chi connectivity index (χ3n) is 3.64. The number of aryl methyl sites for hydroxylation is 2.